The number of hydrogen-bond acceptors (Lipinski definition) is 3. The Bertz CT molecular complexity index is 500. The molecule has 0 aliphatic carbocycles. The first-order valence-electron chi connectivity index (χ1n) is 7.10. The van der Waals surface area contributed by atoms with E-state index in [4.69, 9.17) is 4.74 Å². The van der Waals surface area contributed by atoms with Crippen molar-refractivity contribution in [1.82, 2.24) is 5.32 Å². The predicted octanol–water partition coefficient (Wildman–Crippen LogP) is 3.23. The van der Waals surface area contributed by atoms with E-state index >= 15 is 0 Å². The molecule has 0 aliphatic rings. The molecule has 0 aliphatic heterocycles. The van der Waals surface area contributed by atoms with Gasteiger partial charge in [-0.2, -0.15) is 13.2 Å². The molecule has 7 heteroatoms. The Morgan fingerprint density at radius 1 is 1.35 bits per heavy atom. The summed E-state index contributed by atoms with van der Waals surface area (Å²) in [6, 6.07) is 6.04. The second kappa shape index (κ2) is 9.19. The quantitative estimate of drug-likeness (QED) is 0.558. The molecule has 1 amide bonds. The molecule has 1 N–H and O–H groups in total. The fourth-order valence-electron chi connectivity index (χ4n) is 1.61. The molecule has 1 aromatic carbocycles. The van der Waals surface area contributed by atoms with Crippen LogP contribution in [0.3, 0.4) is 0 Å². The molecule has 0 spiro atoms. The number of amides is 1. The van der Waals surface area contributed by atoms with Crippen molar-refractivity contribution >= 4 is 5.91 Å². The third-order valence-electron chi connectivity index (χ3n) is 2.85. The van der Waals surface area contributed by atoms with Crippen molar-refractivity contribution in [1.29, 1.82) is 0 Å². The van der Waals surface area contributed by atoms with Gasteiger partial charge in [0.15, 0.2) is 6.61 Å². The van der Waals surface area contributed by atoms with Gasteiger partial charge in [-0.25, -0.2) is 0 Å². The van der Waals surface area contributed by atoms with Crippen molar-refractivity contribution in [3.8, 4) is 5.75 Å². The Balaban J connectivity index is 2.37. The van der Waals surface area contributed by atoms with Gasteiger partial charge in [0.1, 0.15) is 11.9 Å². The van der Waals surface area contributed by atoms with Crippen molar-refractivity contribution in [2.45, 2.75) is 32.2 Å². The average Bonchev–Trinajstić information content (AvgIpc) is 2.51. The number of alkyl halides is 3. The Kier molecular flexibility index (Phi) is 7.61. The van der Waals surface area contributed by atoms with Gasteiger partial charge in [0, 0.05) is 6.54 Å². The number of rotatable bonds is 9. The van der Waals surface area contributed by atoms with Crippen LogP contribution in [0.15, 0.2) is 36.9 Å². The normalized spacial score (nSPS) is 12.5. The second-order valence-electron chi connectivity index (χ2n) is 4.86. The molecule has 0 aromatic heterocycles. The van der Waals surface area contributed by atoms with Crippen LogP contribution >= 0.6 is 0 Å². The maximum Gasteiger partial charge on any atom is 0.422 e. The Morgan fingerprint density at radius 2 is 2.00 bits per heavy atom. The van der Waals surface area contributed by atoms with E-state index in [1.807, 2.05) is 0 Å². The van der Waals surface area contributed by atoms with Gasteiger partial charge in [-0.3, -0.25) is 4.79 Å². The summed E-state index contributed by atoms with van der Waals surface area (Å²) >= 11 is 0. The number of hydrogen-bond donors (Lipinski definition) is 1. The van der Waals surface area contributed by atoms with Crippen LogP contribution in [0.5, 0.6) is 5.75 Å². The zero-order chi connectivity index (χ0) is 17.3. The number of ether oxygens (including phenoxy) is 2. The summed E-state index contributed by atoms with van der Waals surface area (Å²) in [4.78, 5) is 11.8. The molecule has 4 nitrogen and oxygen atoms in total. The van der Waals surface area contributed by atoms with Crippen LogP contribution in [0.1, 0.15) is 18.9 Å². The number of carbonyl (C=O) groups excluding carboxylic acids is 1. The highest BCUT2D eigenvalue weighted by Gasteiger charge is 2.28. The zero-order valence-corrected chi connectivity index (χ0v) is 12.9. The largest absolute Gasteiger partial charge is 0.484 e. The van der Waals surface area contributed by atoms with Crippen molar-refractivity contribution in [2.75, 3.05) is 13.2 Å². The fraction of sp³-hybridized carbons (Fsp3) is 0.438. The van der Waals surface area contributed by atoms with Crippen molar-refractivity contribution in [2.24, 2.45) is 0 Å². The van der Waals surface area contributed by atoms with E-state index in [1.165, 1.54) is 12.1 Å². The van der Waals surface area contributed by atoms with Crippen LogP contribution in [0.4, 0.5) is 13.2 Å². The van der Waals surface area contributed by atoms with Crippen molar-refractivity contribution in [3.05, 3.63) is 42.5 Å². The molecule has 1 aromatic rings. The second-order valence-corrected chi connectivity index (χ2v) is 4.86. The van der Waals surface area contributed by atoms with Gasteiger partial charge >= 0.3 is 6.18 Å². The number of benzene rings is 1. The molecule has 1 rings (SSSR count). The molecule has 1 atom stereocenters. The van der Waals surface area contributed by atoms with Gasteiger partial charge in [-0.05, 0) is 31.0 Å². The summed E-state index contributed by atoms with van der Waals surface area (Å²) in [5, 5.41) is 2.69. The molecule has 0 heterocycles. The minimum atomic E-state index is -4.37. The lowest BCUT2D eigenvalue weighted by molar-refractivity contribution is -0.153. The van der Waals surface area contributed by atoms with Crippen LogP contribution < -0.4 is 10.1 Å². The third kappa shape index (κ3) is 8.25. The Morgan fingerprint density at radius 3 is 2.57 bits per heavy atom. The topological polar surface area (TPSA) is 47.6 Å². The molecular formula is C16H20F3NO3. The predicted molar refractivity (Wildman–Crippen MR) is 80.1 cm³/mol. The van der Waals surface area contributed by atoms with E-state index in [1.54, 1.807) is 25.1 Å². The molecular weight excluding hydrogens is 311 g/mol. The molecule has 23 heavy (non-hydrogen) atoms. The molecule has 0 fully saturated rings. The molecule has 0 radical (unpaired) electrons. The Hall–Kier alpha value is -2.02. The van der Waals surface area contributed by atoms with E-state index < -0.39 is 18.9 Å². The zero-order valence-electron chi connectivity index (χ0n) is 12.9. The highest BCUT2D eigenvalue weighted by molar-refractivity contribution is 5.80. The van der Waals surface area contributed by atoms with Crippen LogP contribution in [0, 0.1) is 0 Å². The van der Waals surface area contributed by atoms with Gasteiger partial charge in [0.05, 0.1) is 6.61 Å². The first-order chi connectivity index (χ1) is 10.8. The minimum Gasteiger partial charge on any atom is -0.484 e. The van der Waals surface area contributed by atoms with Crippen molar-refractivity contribution < 1.29 is 27.4 Å². The summed E-state index contributed by atoms with van der Waals surface area (Å²) in [6.07, 6.45) is -2.58. The highest BCUT2D eigenvalue weighted by atomic mass is 19.4. The Labute approximate surface area is 133 Å². The van der Waals surface area contributed by atoms with Gasteiger partial charge in [-0.1, -0.05) is 18.2 Å². The smallest absolute Gasteiger partial charge is 0.422 e. The average molecular weight is 331 g/mol. The maximum absolute atomic E-state index is 12.0. The summed E-state index contributed by atoms with van der Waals surface area (Å²) in [5.41, 5.74) is 0.746. The van der Waals surface area contributed by atoms with Crippen LogP contribution in [0.2, 0.25) is 0 Å². The third-order valence-corrected chi connectivity index (χ3v) is 2.85. The number of halogens is 3. The first kappa shape index (κ1) is 19.0. The highest BCUT2D eigenvalue weighted by Crippen LogP contribution is 2.18. The van der Waals surface area contributed by atoms with Gasteiger partial charge in [-0.15, -0.1) is 6.58 Å². The molecule has 0 saturated carbocycles. The van der Waals surface area contributed by atoms with Crippen molar-refractivity contribution in [3.63, 3.8) is 0 Å². The molecule has 0 bridgehead atoms. The lowest BCUT2D eigenvalue weighted by Crippen LogP contribution is -2.34. The molecule has 0 unspecified atom stereocenters. The number of nitrogens with one attached hydrogen (secondary N) is 1. The summed E-state index contributed by atoms with van der Waals surface area (Å²) in [7, 11) is 0. The van der Waals surface area contributed by atoms with Gasteiger partial charge in [0.25, 0.3) is 0 Å². The lowest BCUT2D eigenvalue weighted by Gasteiger charge is -2.13. The van der Waals surface area contributed by atoms with Crippen LogP contribution in [-0.4, -0.2) is 31.4 Å². The first-order valence-corrected chi connectivity index (χ1v) is 7.10. The van der Waals surface area contributed by atoms with E-state index in [9.17, 15) is 18.0 Å². The lowest BCUT2D eigenvalue weighted by atomic mass is 10.2. The molecule has 128 valence electrons. The summed E-state index contributed by atoms with van der Waals surface area (Å²) in [6.45, 7) is 4.55. The monoisotopic (exact) mass is 331 g/mol. The summed E-state index contributed by atoms with van der Waals surface area (Å²) in [5.74, 6) is -0.134. The molecule has 0 saturated heterocycles. The number of carbonyl (C=O) groups is 1. The van der Waals surface area contributed by atoms with Gasteiger partial charge in [0.2, 0.25) is 5.91 Å². The van der Waals surface area contributed by atoms with E-state index in [2.05, 4.69) is 16.6 Å². The standard InChI is InChI=1S/C16H20F3NO3/c1-3-4-9-22-12(2)15(21)20-10-13-5-7-14(8-6-13)23-11-16(17,18)19/h3,5-8,12H,1,4,9-11H2,2H3,(H,20,21)/t12-/m1/s1. The van der Waals surface area contributed by atoms with Gasteiger partial charge < -0.3 is 14.8 Å². The van der Waals surface area contributed by atoms with E-state index in [0.29, 0.717) is 13.0 Å². The van der Waals surface area contributed by atoms with E-state index in [-0.39, 0.29) is 18.2 Å². The minimum absolute atomic E-state index is 0.124. The SMILES string of the molecule is C=CCCO[C@H](C)C(=O)NCc1ccc(OCC(F)(F)F)cc1. The van der Waals surface area contributed by atoms with Crippen LogP contribution in [0.25, 0.3) is 0 Å². The van der Waals surface area contributed by atoms with E-state index in [0.717, 1.165) is 5.56 Å². The van der Waals surface area contributed by atoms with Crippen LogP contribution in [-0.2, 0) is 16.1 Å². The summed E-state index contributed by atoms with van der Waals surface area (Å²) < 4.78 is 46.0. The maximum atomic E-state index is 12.0. The fourth-order valence-corrected chi connectivity index (χ4v) is 1.61.